The van der Waals surface area contributed by atoms with E-state index in [9.17, 15) is 4.79 Å². The van der Waals surface area contributed by atoms with E-state index in [0.29, 0.717) is 24.3 Å². The van der Waals surface area contributed by atoms with Crippen molar-refractivity contribution in [1.29, 1.82) is 0 Å². The summed E-state index contributed by atoms with van der Waals surface area (Å²) in [6, 6.07) is 0.337. The molecule has 7 nitrogen and oxygen atoms in total. The summed E-state index contributed by atoms with van der Waals surface area (Å²) >= 11 is 0. The van der Waals surface area contributed by atoms with E-state index in [4.69, 9.17) is 0 Å². The van der Waals surface area contributed by atoms with E-state index in [1.54, 1.807) is 6.33 Å². The van der Waals surface area contributed by atoms with Crippen LogP contribution >= 0.6 is 0 Å². The van der Waals surface area contributed by atoms with Crippen LogP contribution in [-0.4, -0.2) is 60.9 Å². The normalized spacial score (nSPS) is 23.0. The van der Waals surface area contributed by atoms with E-state index < -0.39 is 0 Å². The lowest BCUT2D eigenvalue weighted by Gasteiger charge is -2.36. The maximum absolute atomic E-state index is 13.0. The lowest BCUT2D eigenvalue weighted by molar-refractivity contribution is -0.135. The average Bonchev–Trinajstić information content (AvgIpc) is 3.19. The van der Waals surface area contributed by atoms with Gasteiger partial charge in [-0.2, -0.15) is 0 Å². The summed E-state index contributed by atoms with van der Waals surface area (Å²) in [7, 11) is 0. The van der Waals surface area contributed by atoms with E-state index in [0.717, 1.165) is 62.8 Å². The number of aromatic amines is 1. The molecule has 1 amide bonds. The van der Waals surface area contributed by atoms with Crippen molar-refractivity contribution in [1.82, 2.24) is 29.3 Å². The van der Waals surface area contributed by atoms with E-state index >= 15 is 0 Å². The number of imidazole rings is 2. The number of hydrogen-bond donors (Lipinski definition) is 1. The number of amides is 1. The first-order valence-corrected chi connectivity index (χ1v) is 10.1. The number of piperidine rings is 1. The molecule has 2 aromatic rings. The van der Waals surface area contributed by atoms with E-state index in [-0.39, 0.29) is 0 Å². The molecule has 0 radical (unpaired) electrons. The molecule has 5 heterocycles. The third-order valence-electron chi connectivity index (χ3n) is 6.10. The van der Waals surface area contributed by atoms with Crippen LogP contribution in [0.25, 0.3) is 0 Å². The number of fused-ring (bicyclic) bond motifs is 4. The lowest BCUT2D eigenvalue weighted by atomic mass is 9.94. The molecule has 5 rings (SSSR count). The molecule has 0 aromatic carbocycles. The molecule has 27 heavy (non-hydrogen) atoms. The van der Waals surface area contributed by atoms with Crippen molar-refractivity contribution in [3.8, 4) is 0 Å². The van der Waals surface area contributed by atoms with Crippen molar-refractivity contribution in [2.24, 2.45) is 5.92 Å². The second kappa shape index (κ2) is 7.84. The van der Waals surface area contributed by atoms with Gasteiger partial charge in [0.1, 0.15) is 5.82 Å². The number of aryl methyl sites for hydroxylation is 3. The van der Waals surface area contributed by atoms with Gasteiger partial charge in [-0.1, -0.05) is 6.92 Å². The third-order valence-corrected chi connectivity index (χ3v) is 6.10. The number of hydrogen-bond acceptors (Lipinski definition) is 4. The fraction of sp³-hybridized carbons (Fsp3) is 0.650. The second-order valence-corrected chi connectivity index (χ2v) is 7.95. The number of carbonyl (C=O) groups excluding carboxylic acids is 1. The van der Waals surface area contributed by atoms with Gasteiger partial charge in [0.25, 0.3) is 0 Å². The SMILES string of the molecule is CCc1nccn1CCC(=O)N1C[C@@H]2CC[C@H]1CN(Cc1nc[nH]c1C)C2. The van der Waals surface area contributed by atoms with Gasteiger partial charge >= 0.3 is 0 Å². The van der Waals surface area contributed by atoms with Crippen molar-refractivity contribution in [3.05, 3.63) is 35.9 Å². The highest BCUT2D eigenvalue weighted by atomic mass is 16.2. The number of nitrogens with zero attached hydrogens (tertiary/aromatic N) is 5. The van der Waals surface area contributed by atoms with Crippen LogP contribution in [0.2, 0.25) is 0 Å². The van der Waals surface area contributed by atoms with E-state index in [2.05, 4.69) is 43.2 Å². The van der Waals surface area contributed by atoms with Crippen molar-refractivity contribution in [3.63, 3.8) is 0 Å². The molecule has 0 spiro atoms. The standard InChI is InChI=1S/C20H30N6O/c1-3-19-21-7-9-25(19)8-6-20(27)26-11-16-4-5-17(26)12-24(10-16)13-18-15(2)22-14-23-18/h7,9,14,16-17H,3-6,8,10-13H2,1-2H3,(H,22,23)/t16-,17+/m1/s1. The maximum Gasteiger partial charge on any atom is 0.224 e. The smallest absolute Gasteiger partial charge is 0.224 e. The Labute approximate surface area is 160 Å². The molecule has 0 unspecified atom stereocenters. The van der Waals surface area contributed by atoms with Gasteiger partial charge in [0.15, 0.2) is 0 Å². The minimum absolute atomic E-state index is 0.290. The van der Waals surface area contributed by atoms with Gasteiger partial charge < -0.3 is 14.5 Å². The molecule has 0 saturated carbocycles. The van der Waals surface area contributed by atoms with Crippen LogP contribution < -0.4 is 0 Å². The Kier molecular flexibility index (Phi) is 5.29. The number of nitrogens with one attached hydrogen (secondary N) is 1. The van der Waals surface area contributed by atoms with E-state index in [1.807, 2.05) is 12.4 Å². The zero-order chi connectivity index (χ0) is 18.8. The average molecular weight is 371 g/mol. The summed E-state index contributed by atoms with van der Waals surface area (Å²) in [5, 5.41) is 0. The Balaban J connectivity index is 1.38. The van der Waals surface area contributed by atoms with Gasteiger partial charge in [-0.05, 0) is 25.7 Å². The monoisotopic (exact) mass is 370 g/mol. The maximum atomic E-state index is 13.0. The minimum Gasteiger partial charge on any atom is -0.348 e. The van der Waals surface area contributed by atoms with Gasteiger partial charge in [0.2, 0.25) is 5.91 Å². The molecule has 0 aliphatic carbocycles. The number of carbonyl (C=O) groups is 1. The van der Waals surface area contributed by atoms with E-state index in [1.165, 1.54) is 6.42 Å². The highest BCUT2D eigenvalue weighted by Gasteiger charge is 2.37. The summed E-state index contributed by atoms with van der Waals surface area (Å²) in [5.74, 6) is 1.92. The largest absolute Gasteiger partial charge is 0.348 e. The minimum atomic E-state index is 0.290. The molecule has 3 fully saturated rings. The summed E-state index contributed by atoms with van der Waals surface area (Å²) < 4.78 is 2.11. The fourth-order valence-electron chi connectivity index (χ4n) is 4.59. The molecule has 2 bridgehead atoms. The first kappa shape index (κ1) is 18.2. The third kappa shape index (κ3) is 3.93. The van der Waals surface area contributed by atoms with Crippen LogP contribution in [0.15, 0.2) is 18.7 Å². The van der Waals surface area contributed by atoms with Crippen LogP contribution in [0.5, 0.6) is 0 Å². The number of H-pyrrole nitrogens is 1. The predicted octanol–water partition coefficient (Wildman–Crippen LogP) is 1.99. The van der Waals surface area contributed by atoms with Crippen molar-refractivity contribution in [2.45, 2.75) is 58.7 Å². The van der Waals surface area contributed by atoms with Crippen molar-refractivity contribution >= 4 is 5.91 Å². The zero-order valence-corrected chi connectivity index (χ0v) is 16.4. The van der Waals surface area contributed by atoms with Gasteiger partial charge in [-0.3, -0.25) is 9.69 Å². The molecule has 3 saturated heterocycles. The summed E-state index contributed by atoms with van der Waals surface area (Å²) in [5.41, 5.74) is 2.27. The number of aromatic nitrogens is 4. The summed E-state index contributed by atoms with van der Waals surface area (Å²) in [6.07, 6.45) is 9.39. The molecule has 2 atom stereocenters. The Hall–Kier alpha value is -2.15. The zero-order valence-electron chi connectivity index (χ0n) is 16.4. The first-order valence-electron chi connectivity index (χ1n) is 10.1. The highest BCUT2D eigenvalue weighted by molar-refractivity contribution is 5.76. The Morgan fingerprint density at radius 3 is 2.93 bits per heavy atom. The molecule has 146 valence electrons. The molecular weight excluding hydrogens is 340 g/mol. The van der Waals surface area contributed by atoms with Crippen LogP contribution in [0.3, 0.4) is 0 Å². The highest BCUT2D eigenvalue weighted by Crippen LogP contribution is 2.29. The van der Waals surface area contributed by atoms with Crippen molar-refractivity contribution < 1.29 is 4.79 Å². The quantitative estimate of drug-likeness (QED) is 0.844. The van der Waals surface area contributed by atoms with Crippen LogP contribution in [0, 0.1) is 12.8 Å². The summed E-state index contributed by atoms with van der Waals surface area (Å²) in [6.45, 7) is 8.71. The fourth-order valence-corrected chi connectivity index (χ4v) is 4.59. The van der Waals surface area contributed by atoms with Crippen molar-refractivity contribution in [2.75, 3.05) is 19.6 Å². The Morgan fingerprint density at radius 1 is 1.26 bits per heavy atom. The topological polar surface area (TPSA) is 70.1 Å². The molecule has 1 N–H and O–H groups in total. The van der Waals surface area contributed by atoms with Gasteiger partial charge in [-0.25, -0.2) is 9.97 Å². The lowest BCUT2D eigenvalue weighted by Crippen LogP contribution is -2.47. The number of rotatable bonds is 6. The van der Waals surface area contributed by atoms with Gasteiger partial charge in [-0.15, -0.1) is 0 Å². The molecule has 3 aliphatic heterocycles. The second-order valence-electron chi connectivity index (χ2n) is 7.95. The van der Waals surface area contributed by atoms with Gasteiger partial charge in [0, 0.05) is 69.7 Å². The van der Waals surface area contributed by atoms with Gasteiger partial charge in [0.05, 0.1) is 12.0 Å². The summed E-state index contributed by atoms with van der Waals surface area (Å²) in [4.78, 5) is 29.6. The molecular formula is C20H30N6O. The predicted molar refractivity (Wildman–Crippen MR) is 103 cm³/mol. The molecule has 7 heteroatoms. The molecule has 2 aromatic heterocycles. The van der Waals surface area contributed by atoms with Crippen LogP contribution in [0.1, 0.15) is 43.4 Å². The van der Waals surface area contributed by atoms with Crippen LogP contribution in [-0.2, 0) is 24.3 Å². The Morgan fingerprint density at radius 2 is 2.15 bits per heavy atom. The molecule has 3 aliphatic rings. The first-order chi connectivity index (χ1) is 13.1. The Bertz CT molecular complexity index is 781. The van der Waals surface area contributed by atoms with Crippen LogP contribution in [0.4, 0.5) is 0 Å².